The Kier molecular flexibility index (Phi) is 7.60. The maximum absolute atomic E-state index is 12.7. The largest absolute Gasteiger partial charge is 0.467 e. The number of hydrogen-bond donors (Lipinski definition) is 1. The second kappa shape index (κ2) is 11.0. The molecule has 0 aromatic heterocycles. The minimum Gasteiger partial charge on any atom is -0.467 e. The lowest BCUT2D eigenvalue weighted by atomic mass is 10.1. The standard InChI is InChI=1S/C28H30N2O4/c1-33-26(31)28(29-27(32)34-21-24-15-9-4-10-16-24)17-25(28)20-30(18-22-11-5-2-6-12-22)19-23-13-7-3-8-14-23/h2-16,25H,17-21H2,1H3,(H,29,32)/t25-,28-/m0/s1. The molecule has 2 atom stereocenters. The molecule has 0 saturated heterocycles. The van der Waals surface area contributed by atoms with Gasteiger partial charge in [0.25, 0.3) is 0 Å². The lowest BCUT2D eigenvalue weighted by molar-refractivity contribution is -0.144. The molecule has 0 radical (unpaired) electrons. The highest BCUT2D eigenvalue weighted by Gasteiger charge is 2.62. The number of amides is 1. The number of benzene rings is 3. The summed E-state index contributed by atoms with van der Waals surface area (Å²) in [7, 11) is 1.35. The highest BCUT2D eigenvalue weighted by atomic mass is 16.6. The molecule has 1 saturated carbocycles. The summed E-state index contributed by atoms with van der Waals surface area (Å²) in [4.78, 5) is 27.6. The van der Waals surface area contributed by atoms with Crippen LogP contribution in [-0.2, 0) is 34.0 Å². The molecule has 1 aliphatic carbocycles. The van der Waals surface area contributed by atoms with Gasteiger partial charge in [-0.1, -0.05) is 91.0 Å². The van der Waals surface area contributed by atoms with E-state index in [1.54, 1.807) is 0 Å². The molecule has 3 aromatic carbocycles. The smallest absolute Gasteiger partial charge is 0.408 e. The summed E-state index contributed by atoms with van der Waals surface area (Å²) in [6.45, 7) is 2.25. The molecule has 6 heteroatoms. The monoisotopic (exact) mass is 458 g/mol. The first-order valence-corrected chi connectivity index (χ1v) is 11.5. The molecule has 0 aliphatic heterocycles. The molecule has 1 N–H and O–H groups in total. The zero-order valence-electron chi connectivity index (χ0n) is 19.4. The molecule has 1 fully saturated rings. The Morgan fingerprint density at radius 1 is 0.853 bits per heavy atom. The SMILES string of the molecule is COC(=O)[C@]1(NC(=O)OCc2ccccc2)C[C@H]1CN(Cc1ccccc1)Cc1ccccc1. The minimum atomic E-state index is -1.06. The van der Waals surface area contributed by atoms with Crippen LogP contribution in [0.1, 0.15) is 23.1 Å². The predicted octanol–water partition coefficient (Wildman–Crippen LogP) is 4.55. The number of carbonyl (C=O) groups excluding carboxylic acids is 2. The highest BCUT2D eigenvalue weighted by Crippen LogP contribution is 2.45. The molecule has 0 bridgehead atoms. The van der Waals surface area contributed by atoms with Crippen LogP contribution in [-0.4, -0.2) is 36.2 Å². The number of esters is 1. The summed E-state index contributed by atoms with van der Waals surface area (Å²) < 4.78 is 10.4. The molecule has 0 spiro atoms. The molecule has 0 heterocycles. The number of nitrogens with one attached hydrogen (secondary N) is 1. The average molecular weight is 459 g/mol. The van der Waals surface area contributed by atoms with Crippen molar-refractivity contribution < 1.29 is 19.1 Å². The zero-order chi connectivity index (χ0) is 23.8. The van der Waals surface area contributed by atoms with Crippen molar-refractivity contribution in [1.82, 2.24) is 10.2 Å². The maximum Gasteiger partial charge on any atom is 0.408 e. The Bertz CT molecular complexity index is 1030. The van der Waals surface area contributed by atoms with Crippen molar-refractivity contribution in [3.8, 4) is 0 Å². The lowest BCUT2D eigenvalue weighted by Crippen LogP contribution is -2.47. The third kappa shape index (κ3) is 6.02. The van der Waals surface area contributed by atoms with Gasteiger partial charge < -0.3 is 14.8 Å². The van der Waals surface area contributed by atoms with E-state index in [1.807, 2.05) is 66.7 Å². The lowest BCUT2D eigenvalue weighted by Gasteiger charge is -2.25. The predicted molar refractivity (Wildman–Crippen MR) is 130 cm³/mol. The molecular weight excluding hydrogens is 428 g/mol. The van der Waals surface area contributed by atoms with Gasteiger partial charge in [0, 0.05) is 25.6 Å². The van der Waals surface area contributed by atoms with Gasteiger partial charge in [-0.2, -0.15) is 0 Å². The Balaban J connectivity index is 1.43. The van der Waals surface area contributed by atoms with Crippen LogP contribution >= 0.6 is 0 Å². The van der Waals surface area contributed by atoms with Gasteiger partial charge in [-0.25, -0.2) is 9.59 Å². The molecule has 4 rings (SSSR count). The third-order valence-corrected chi connectivity index (χ3v) is 6.17. The van der Waals surface area contributed by atoms with Crippen LogP contribution < -0.4 is 5.32 Å². The average Bonchev–Trinajstić information content (AvgIpc) is 3.56. The van der Waals surface area contributed by atoms with Crippen LogP contribution in [0.4, 0.5) is 4.79 Å². The van der Waals surface area contributed by atoms with E-state index < -0.39 is 17.6 Å². The van der Waals surface area contributed by atoms with Gasteiger partial charge >= 0.3 is 12.1 Å². The van der Waals surface area contributed by atoms with E-state index in [-0.39, 0.29) is 12.5 Å². The number of rotatable bonds is 10. The maximum atomic E-state index is 12.7. The first kappa shape index (κ1) is 23.5. The van der Waals surface area contributed by atoms with Gasteiger partial charge in [-0.05, 0) is 23.1 Å². The van der Waals surface area contributed by atoms with Crippen molar-refractivity contribution >= 4 is 12.1 Å². The summed E-state index contributed by atoms with van der Waals surface area (Å²) >= 11 is 0. The summed E-state index contributed by atoms with van der Waals surface area (Å²) in [5, 5.41) is 2.81. The van der Waals surface area contributed by atoms with Crippen molar-refractivity contribution in [3.63, 3.8) is 0 Å². The fourth-order valence-electron chi connectivity index (χ4n) is 4.31. The normalized spacial score (nSPS) is 18.8. The summed E-state index contributed by atoms with van der Waals surface area (Å²) in [6, 6.07) is 29.9. The van der Waals surface area contributed by atoms with E-state index in [1.165, 1.54) is 18.2 Å². The van der Waals surface area contributed by atoms with Crippen LogP contribution in [0.5, 0.6) is 0 Å². The van der Waals surface area contributed by atoms with Crippen molar-refractivity contribution in [1.29, 1.82) is 0 Å². The first-order chi connectivity index (χ1) is 16.6. The topological polar surface area (TPSA) is 67.9 Å². The van der Waals surface area contributed by atoms with Crippen LogP contribution in [0.25, 0.3) is 0 Å². The van der Waals surface area contributed by atoms with Gasteiger partial charge in [0.05, 0.1) is 7.11 Å². The van der Waals surface area contributed by atoms with Crippen molar-refractivity contribution in [3.05, 3.63) is 108 Å². The molecule has 1 aliphatic rings. The summed E-state index contributed by atoms with van der Waals surface area (Å²) in [6.07, 6.45) is -0.102. The Morgan fingerprint density at radius 2 is 1.35 bits per heavy atom. The third-order valence-electron chi connectivity index (χ3n) is 6.17. The summed E-state index contributed by atoms with van der Waals surface area (Å²) in [5.74, 6) is -0.509. The van der Waals surface area contributed by atoms with E-state index >= 15 is 0 Å². The van der Waals surface area contributed by atoms with Gasteiger partial charge in [0.2, 0.25) is 0 Å². The summed E-state index contributed by atoms with van der Waals surface area (Å²) in [5.41, 5.74) is 2.21. The molecule has 34 heavy (non-hydrogen) atoms. The Labute approximate surface area is 200 Å². The van der Waals surface area contributed by atoms with E-state index in [4.69, 9.17) is 9.47 Å². The van der Waals surface area contributed by atoms with Gasteiger partial charge in [-0.3, -0.25) is 4.90 Å². The number of carbonyl (C=O) groups is 2. The molecule has 176 valence electrons. The van der Waals surface area contributed by atoms with Gasteiger partial charge in [0.1, 0.15) is 12.1 Å². The van der Waals surface area contributed by atoms with Crippen LogP contribution in [0.15, 0.2) is 91.0 Å². The quantitative estimate of drug-likeness (QED) is 0.452. The van der Waals surface area contributed by atoms with Crippen molar-refractivity contribution in [2.24, 2.45) is 5.92 Å². The Hall–Kier alpha value is -3.64. The van der Waals surface area contributed by atoms with Gasteiger partial charge in [-0.15, -0.1) is 0 Å². The fourth-order valence-corrected chi connectivity index (χ4v) is 4.31. The molecule has 3 aromatic rings. The molecule has 0 unspecified atom stereocenters. The fraction of sp³-hybridized carbons (Fsp3) is 0.286. The van der Waals surface area contributed by atoms with Gasteiger partial charge in [0.15, 0.2) is 0 Å². The van der Waals surface area contributed by atoms with E-state index in [0.717, 1.165) is 18.7 Å². The van der Waals surface area contributed by atoms with E-state index in [0.29, 0.717) is 13.0 Å². The van der Waals surface area contributed by atoms with E-state index in [2.05, 4.69) is 34.5 Å². The van der Waals surface area contributed by atoms with Crippen molar-refractivity contribution in [2.75, 3.05) is 13.7 Å². The molecular formula is C28H30N2O4. The van der Waals surface area contributed by atoms with Crippen LogP contribution in [0.2, 0.25) is 0 Å². The highest BCUT2D eigenvalue weighted by molar-refractivity contribution is 5.89. The molecule has 1 amide bonds. The number of ether oxygens (including phenoxy) is 2. The number of methoxy groups -OCH3 is 1. The second-order valence-corrected chi connectivity index (χ2v) is 8.69. The number of nitrogens with zero attached hydrogens (tertiary/aromatic N) is 1. The Morgan fingerprint density at radius 3 is 1.85 bits per heavy atom. The minimum absolute atomic E-state index is 0.0725. The van der Waals surface area contributed by atoms with Crippen molar-refractivity contribution in [2.45, 2.75) is 31.7 Å². The zero-order valence-corrected chi connectivity index (χ0v) is 19.4. The number of alkyl carbamates (subject to hydrolysis) is 1. The first-order valence-electron chi connectivity index (χ1n) is 11.5. The second-order valence-electron chi connectivity index (χ2n) is 8.69. The van der Waals surface area contributed by atoms with E-state index in [9.17, 15) is 9.59 Å². The van der Waals surface area contributed by atoms with Crippen LogP contribution in [0, 0.1) is 5.92 Å². The van der Waals surface area contributed by atoms with Crippen LogP contribution in [0.3, 0.4) is 0 Å². The molecule has 6 nitrogen and oxygen atoms in total. The number of hydrogen-bond acceptors (Lipinski definition) is 5.